The molecule has 2 N–H and O–H groups in total. The fraction of sp³-hybridized carbons (Fsp3) is 0.176. The van der Waals surface area contributed by atoms with Gasteiger partial charge in [0.25, 0.3) is 0 Å². The molecule has 22 heavy (non-hydrogen) atoms. The highest BCUT2D eigenvalue weighted by atomic mass is 16.5. The number of nitrogens with two attached hydrogens (primary N) is 1. The van der Waals surface area contributed by atoms with Crippen molar-refractivity contribution in [1.29, 1.82) is 0 Å². The zero-order chi connectivity index (χ0) is 15.5. The van der Waals surface area contributed by atoms with Gasteiger partial charge in [0.2, 0.25) is 5.89 Å². The highest BCUT2D eigenvalue weighted by Crippen LogP contribution is 2.22. The minimum absolute atomic E-state index is 0.337. The summed E-state index contributed by atoms with van der Waals surface area (Å²) in [5.41, 5.74) is 8.92. The predicted molar refractivity (Wildman–Crippen MR) is 82.4 cm³/mol. The Morgan fingerprint density at radius 3 is 2.77 bits per heavy atom. The molecule has 0 fully saturated rings. The maximum Gasteiger partial charge on any atom is 0.337 e. The number of hydrogen-bond donors (Lipinski definition) is 1. The van der Waals surface area contributed by atoms with E-state index in [1.807, 2.05) is 30.3 Å². The summed E-state index contributed by atoms with van der Waals surface area (Å²) in [5, 5.41) is 0. The number of methoxy groups -OCH3 is 1. The standard InChI is InChI=1S/C17H16N2O3/c1-21-17(20)12-7-8-15-14(10-12)19-16(22-15)13(18)9-11-5-3-2-4-6-11/h2-8,10,13H,9,18H2,1H3. The van der Waals surface area contributed by atoms with Crippen LogP contribution in [0, 0.1) is 0 Å². The molecule has 5 nitrogen and oxygen atoms in total. The van der Waals surface area contributed by atoms with Crippen LogP contribution in [0.3, 0.4) is 0 Å². The lowest BCUT2D eigenvalue weighted by atomic mass is 10.1. The fourth-order valence-electron chi connectivity index (χ4n) is 2.30. The fourth-order valence-corrected chi connectivity index (χ4v) is 2.30. The predicted octanol–water partition coefficient (Wildman–Crippen LogP) is 2.86. The van der Waals surface area contributed by atoms with E-state index in [0.29, 0.717) is 29.0 Å². The summed E-state index contributed by atoms with van der Waals surface area (Å²) in [6.07, 6.45) is 0.636. The Balaban J connectivity index is 1.86. The van der Waals surface area contributed by atoms with E-state index < -0.39 is 5.97 Å². The van der Waals surface area contributed by atoms with Crippen molar-refractivity contribution in [3.8, 4) is 0 Å². The van der Waals surface area contributed by atoms with Crippen molar-refractivity contribution in [2.45, 2.75) is 12.5 Å². The van der Waals surface area contributed by atoms with Gasteiger partial charge in [0.1, 0.15) is 5.52 Å². The minimum Gasteiger partial charge on any atom is -0.465 e. The van der Waals surface area contributed by atoms with Crippen LogP contribution in [0.2, 0.25) is 0 Å². The summed E-state index contributed by atoms with van der Waals surface area (Å²) in [4.78, 5) is 15.9. The van der Waals surface area contributed by atoms with Gasteiger partial charge in [-0.3, -0.25) is 0 Å². The molecule has 0 aliphatic rings. The third-order valence-corrected chi connectivity index (χ3v) is 3.44. The third-order valence-electron chi connectivity index (χ3n) is 3.44. The van der Waals surface area contributed by atoms with Crippen LogP contribution in [0.4, 0.5) is 0 Å². The van der Waals surface area contributed by atoms with Gasteiger partial charge < -0.3 is 14.9 Å². The first kappa shape index (κ1) is 14.3. The van der Waals surface area contributed by atoms with E-state index in [2.05, 4.69) is 4.98 Å². The second kappa shape index (κ2) is 5.99. The summed E-state index contributed by atoms with van der Waals surface area (Å²) < 4.78 is 10.4. The number of benzene rings is 2. The van der Waals surface area contributed by atoms with E-state index >= 15 is 0 Å². The van der Waals surface area contributed by atoms with Crippen LogP contribution in [-0.2, 0) is 11.2 Å². The highest BCUT2D eigenvalue weighted by molar-refractivity contribution is 5.93. The first-order valence-electron chi connectivity index (χ1n) is 6.95. The smallest absolute Gasteiger partial charge is 0.337 e. The number of rotatable bonds is 4. The van der Waals surface area contributed by atoms with Gasteiger partial charge in [-0.2, -0.15) is 0 Å². The molecule has 0 spiro atoms. The molecular weight excluding hydrogens is 280 g/mol. The van der Waals surface area contributed by atoms with E-state index in [0.717, 1.165) is 5.56 Å². The quantitative estimate of drug-likeness (QED) is 0.749. The summed E-state index contributed by atoms with van der Waals surface area (Å²) in [5.74, 6) is 0.0564. The van der Waals surface area contributed by atoms with Crippen molar-refractivity contribution < 1.29 is 13.9 Å². The molecule has 5 heteroatoms. The van der Waals surface area contributed by atoms with Crippen molar-refractivity contribution in [3.63, 3.8) is 0 Å². The molecule has 1 unspecified atom stereocenters. The Labute approximate surface area is 127 Å². The molecule has 0 aliphatic carbocycles. The number of nitrogens with zero attached hydrogens (tertiary/aromatic N) is 1. The average molecular weight is 296 g/mol. The molecule has 1 heterocycles. The average Bonchev–Trinajstić information content (AvgIpc) is 2.98. The zero-order valence-electron chi connectivity index (χ0n) is 12.2. The second-order valence-electron chi connectivity index (χ2n) is 5.02. The zero-order valence-corrected chi connectivity index (χ0v) is 12.2. The van der Waals surface area contributed by atoms with Gasteiger partial charge in [-0.05, 0) is 30.2 Å². The van der Waals surface area contributed by atoms with E-state index in [1.54, 1.807) is 18.2 Å². The summed E-state index contributed by atoms with van der Waals surface area (Å²) in [7, 11) is 1.34. The van der Waals surface area contributed by atoms with Crippen LogP contribution in [0.25, 0.3) is 11.1 Å². The lowest BCUT2D eigenvalue weighted by Gasteiger charge is -2.06. The first-order valence-corrected chi connectivity index (χ1v) is 6.95. The maximum atomic E-state index is 11.5. The largest absolute Gasteiger partial charge is 0.465 e. The maximum absolute atomic E-state index is 11.5. The van der Waals surface area contributed by atoms with E-state index in [-0.39, 0.29) is 6.04 Å². The Kier molecular flexibility index (Phi) is 3.89. The lowest BCUT2D eigenvalue weighted by Crippen LogP contribution is -2.13. The van der Waals surface area contributed by atoms with Gasteiger partial charge in [-0.25, -0.2) is 9.78 Å². The SMILES string of the molecule is COC(=O)c1ccc2oc(C(N)Cc3ccccc3)nc2c1. The number of carbonyl (C=O) groups excluding carboxylic acids is 1. The molecule has 1 atom stereocenters. The molecule has 3 aromatic rings. The Morgan fingerprint density at radius 1 is 1.27 bits per heavy atom. The molecule has 0 radical (unpaired) electrons. The molecule has 1 aromatic heterocycles. The molecule has 0 saturated heterocycles. The highest BCUT2D eigenvalue weighted by Gasteiger charge is 2.16. The van der Waals surface area contributed by atoms with Gasteiger partial charge in [-0.1, -0.05) is 30.3 Å². The van der Waals surface area contributed by atoms with Crippen LogP contribution in [0.1, 0.15) is 27.9 Å². The molecular formula is C17H16N2O3. The van der Waals surface area contributed by atoms with Crippen LogP contribution < -0.4 is 5.73 Å². The number of aromatic nitrogens is 1. The summed E-state index contributed by atoms with van der Waals surface area (Å²) in [6.45, 7) is 0. The topological polar surface area (TPSA) is 78.3 Å². The molecule has 3 rings (SSSR count). The van der Waals surface area contributed by atoms with Gasteiger partial charge in [0, 0.05) is 0 Å². The van der Waals surface area contributed by atoms with E-state index in [1.165, 1.54) is 7.11 Å². The molecule has 112 valence electrons. The van der Waals surface area contributed by atoms with E-state index in [9.17, 15) is 4.79 Å². The Hall–Kier alpha value is -2.66. The van der Waals surface area contributed by atoms with Crippen LogP contribution in [0.5, 0.6) is 0 Å². The number of esters is 1. The summed E-state index contributed by atoms with van der Waals surface area (Å²) in [6, 6.07) is 14.6. The number of carbonyl (C=O) groups is 1. The number of oxazole rings is 1. The van der Waals surface area contributed by atoms with Crippen molar-refractivity contribution in [2.75, 3.05) is 7.11 Å². The van der Waals surface area contributed by atoms with E-state index in [4.69, 9.17) is 14.9 Å². The van der Waals surface area contributed by atoms with Crippen LogP contribution in [-0.4, -0.2) is 18.1 Å². The van der Waals surface area contributed by atoms with Crippen molar-refractivity contribution in [1.82, 2.24) is 4.98 Å². The van der Waals surface area contributed by atoms with Crippen LogP contribution in [0.15, 0.2) is 52.9 Å². The molecule has 0 saturated carbocycles. The van der Waals surface area contributed by atoms with Crippen molar-refractivity contribution in [2.24, 2.45) is 5.73 Å². The Morgan fingerprint density at radius 2 is 2.05 bits per heavy atom. The molecule has 0 amide bonds. The van der Waals surface area contributed by atoms with Gasteiger partial charge >= 0.3 is 5.97 Å². The molecule has 0 aliphatic heterocycles. The van der Waals surface area contributed by atoms with Gasteiger partial charge in [0.05, 0.1) is 18.7 Å². The Bertz CT molecular complexity index is 796. The number of fused-ring (bicyclic) bond motifs is 1. The lowest BCUT2D eigenvalue weighted by molar-refractivity contribution is 0.0601. The first-order chi connectivity index (χ1) is 10.7. The normalized spacial score (nSPS) is 12.3. The summed E-state index contributed by atoms with van der Waals surface area (Å²) >= 11 is 0. The third kappa shape index (κ3) is 2.84. The van der Waals surface area contributed by atoms with Gasteiger partial charge in [-0.15, -0.1) is 0 Å². The van der Waals surface area contributed by atoms with Crippen molar-refractivity contribution in [3.05, 3.63) is 65.5 Å². The number of ether oxygens (including phenoxy) is 1. The monoisotopic (exact) mass is 296 g/mol. The molecule has 0 bridgehead atoms. The van der Waals surface area contributed by atoms with Gasteiger partial charge in [0.15, 0.2) is 5.58 Å². The second-order valence-corrected chi connectivity index (χ2v) is 5.02. The minimum atomic E-state index is -0.403. The molecule has 2 aromatic carbocycles. The number of hydrogen-bond acceptors (Lipinski definition) is 5. The van der Waals surface area contributed by atoms with Crippen molar-refractivity contribution >= 4 is 17.1 Å². The van der Waals surface area contributed by atoms with Crippen LogP contribution >= 0.6 is 0 Å².